The Morgan fingerprint density at radius 2 is 1.79 bits per heavy atom. The molecular formula is C33H32N2O3. The Bertz CT molecular complexity index is 1560. The highest BCUT2D eigenvalue weighted by Gasteiger charge is 2.72. The van der Waals surface area contributed by atoms with Crippen LogP contribution in [0.25, 0.3) is 11.1 Å². The first-order valence-electron chi connectivity index (χ1n) is 13.7. The van der Waals surface area contributed by atoms with Crippen molar-refractivity contribution in [3.63, 3.8) is 0 Å². The number of methoxy groups -OCH3 is 1. The second-order valence-corrected chi connectivity index (χ2v) is 11.5. The number of likely N-dealkylation sites (N-methyl/N-ethyl adjacent to an activating group) is 1. The Kier molecular flexibility index (Phi) is 4.58. The molecule has 4 aliphatic rings. The van der Waals surface area contributed by atoms with Gasteiger partial charge >= 0.3 is 0 Å². The van der Waals surface area contributed by atoms with Gasteiger partial charge in [0, 0.05) is 36.3 Å². The normalized spacial score (nSPS) is 28.4. The van der Waals surface area contributed by atoms with Crippen molar-refractivity contribution in [3.8, 4) is 22.6 Å². The van der Waals surface area contributed by atoms with Crippen LogP contribution in [0.2, 0.25) is 0 Å². The minimum Gasteiger partial charge on any atom is -0.493 e. The van der Waals surface area contributed by atoms with E-state index in [2.05, 4.69) is 89.4 Å². The maximum atomic E-state index is 13.0. The SMILES string of the molecule is COc1ccc2c3c1OC1c4c(c(-c5ccccc5)cn4Cc4ccccc4)C[C@@]4(O)C(C2)N(C)CC[C@]314. The van der Waals surface area contributed by atoms with Crippen LogP contribution in [0, 0.1) is 0 Å². The molecule has 2 bridgehead atoms. The van der Waals surface area contributed by atoms with E-state index in [0.717, 1.165) is 37.4 Å². The number of hydrogen-bond acceptors (Lipinski definition) is 4. The summed E-state index contributed by atoms with van der Waals surface area (Å²) >= 11 is 0. The average Bonchev–Trinajstić information content (AvgIpc) is 3.46. The van der Waals surface area contributed by atoms with Crippen molar-refractivity contribution in [2.45, 2.75) is 49.0 Å². The standard InChI is InChI=1S/C33H32N2O3/c1-34-16-15-32-28-23-13-14-26(37-2)30(28)38-31(32)29-24(18-33(32,36)27(34)17-23)25(22-11-7-4-8-12-22)20-35(29)19-21-9-5-3-6-10-21/h3-14,20,27,31,36H,15-19H2,1-2H3/t27?,31?,32-,33+/m0/s1. The Balaban J connectivity index is 1.42. The predicted octanol–water partition coefficient (Wildman–Crippen LogP) is 5.13. The van der Waals surface area contributed by atoms with E-state index in [1.165, 1.54) is 39.1 Å². The monoisotopic (exact) mass is 504 g/mol. The first kappa shape index (κ1) is 22.4. The average molecular weight is 505 g/mol. The second kappa shape index (κ2) is 7.75. The van der Waals surface area contributed by atoms with E-state index in [9.17, 15) is 5.11 Å². The number of likely N-dealkylation sites (tertiary alicyclic amines) is 1. The minimum absolute atomic E-state index is 0.0310. The van der Waals surface area contributed by atoms with Crippen LogP contribution >= 0.6 is 0 Å². The molecule has 3 aromatic carbocycles. The Labute approximate surface area is 223 Å². The molecule has 1 fully saturated rings. The fraction of sp³-hybridized carbons (Fsp3) is 0.333. The zero-order valence-corrected chi connectivity index (χ0v) is 21.9. The molecule has 2 aliphatic carbocycles. The molecule has 4 atom stereocenters. The summed E-state index contributed by atoms with van der Waals surface area (Å²) in [4.78, 5) is 2.38. The van der Waals surface area contributed by atoms with Gasteiger partial charge in [0.1, 0.15) is 0 Å². The number of ether oxygens (including phenoxy) is 2. The van der Waals surface area contributed by atoms with Gasteiger partial charge in [-0.2, -0.15) is 0 Å². The third kappa shape index (κ3) is 2.68. The van der Waals surface area contributed by atoms with Gasteiger partial charge in [-0.25, -0.2) is 0 Å². The highest BCUT2D eigenvalue weighted by molar-refractivity contribution is 5.73. The lowest BCUT2D eigenvalue weighted by Crippen LogP contribution is -2.74. The fourth-order valence-electron chi connectivity index (χ4n) is 8.23. The fourth-order valence-corrected chi connectivity index (χ4v) is 8.23. The summed E-state index contributed by atoms with van der Waals surface area (Å²) in [6.45, 7) is 1.69. The zero-order chi connectivity index (χ0) is 25.6. The topological polar surface area (TPSA) is 46.9 Å². The van der Waals surface area contributed by atoms with Gasteiger partial charge in [-0.1, -0.05) is 66.7 Å². The van der Waals surface area contributed by atoms with Crippen molar-refractivity contribution in [1.29, 1.82) is 0 Å². The molecule has 5 heteroatoms. The molecule has 3 heterocycles. The van der Waals surface area contributed by atoms with Gasteiger partial charge in [0.05, 0.1) is 23.8 Å². The van der Waals surface area contributed by atoms with Crippen molar-refractivity contribution in [3.05, 3.63) is 107 Å². The molecule has 1 N–H and O–H groups in total. The molecule has 0 saturated carbocycles. The number of aliphatic hydroxyl groups is 1. The van der Waals surface area contributed by atoms with Crippen LogP contribution in [0.5, 0.6) is 11.5 Å². The lowest BCUT2D eigenvalue weighted by atomic mass is 9.49. The van der Waals surface area contributed by atoms with Crippen molar-refractivity contribution in [2.75, 3.05) is 20.7 Å². The molecule has 1 aromatic heterocycles. The van der Waals surface area contributed by atoms with E-state index < -0.39 is 11.0 Å². The lowest BCUT2D eigenvalue weighted by molar-refractivity contribution is -0.168. The number of piperidine rings is 1. The summed E-state index contributed by atoms with van der Waals surface area (Å²) in [6.07, 6.45) is 4.30. The summed E-state index contributed by atoms with van der Waals surface area (Å²) in [7, 11) is 3.88. The van der Waals surface area contributed by atoms with Gasteiger partial charge in [-0.15, -0.1) is 0 Å². The van der Waals surface area contributed by atoms with Gasteiger partial charge < -0.3 is 24.0 Å². The highest BCUT2D eigenvalue weighted by Crippen LogP contribution is 2.69. The number of rotatable bonds is 4. The van der Waals surface area contributed by atoms with Gasteiger partial charge in [-0.3, -0.25) is 0 Å². The van der Waals surface area contributed by atoms with Crippen molar-refractivity contribution < 1.29 is 14.6 Å². The van der Waals surface area contributed by atoms with Crippen LogP contribution in [0.4, 0.5) is 0 Å². The Morgan fingerprint density at radius 3 is 2.55 bits per heavy atom. The van der Waals surface area contributed by atoms with Gasteiger partial charge in [0.2, 0.25) is 0 Å². The number of benzene rings is 3. The molecule has 38 heavy (non-hydrogen) atoms. The number of fused-ring (bicyclic) bond motifs is 2. The van der Waals surface area contributed by atoms with E-state index in [1.807, 2.05) is 6.07 Å². The van der Waals surface area contributed by atoms with Gasteiger partial charge in [-0.05, 0) is 54.8 Å². The maximum absolute atomic E-state index is 13.0. The molecule has 1 saturated heterocycles. The third-order valence-electron chi connectivity index (χ3n) is 9.89. The minimum atomic E-state index is -0.940. The zero-order valence-electron chi connectivity index (χ0n) is 21.9. The highest BCUT2D eigenvalue weighted by atomic mass is 16.5. The largest absolute Gasteiger partial charge is 0.493 e. The van der Waals surface area contributed by atoms with Gasteiger partial charge in [0.15, 0.2) is 17.6 Å². The van der Waals surface area contributed by atoms with Crippen LogP contribution in [0.15, 0.2) is 79.0 Å². The third-order valence-corrected chi connectivity index (χ3v) is 9.89. The van der Waals surface area contributed by atoms with E-state index in [0.29, 0.717) is 6.42 Å². The van der Waals surface area contributed by atoms with Gasteiger partial charge in [0.25, 0.3) is 0 Å². The lowest BCUT2D eigenvalue weighted by Gasteiger charge is -2.62. The molecule has 2 unspecified atom stereocenters. The van der Waals surface area contributed by atoms with E-state index in [1.54, 1.807) is 7.11 Å². The quantitative estimate of drug-likeness (QED) is 0.419. The van der Waals surface area contributed by atoms with E-state index in [-0.39, 0.29) is 12.1 Å². The van der Waals surface area contributed by atoms with Crippen LogP contribution in [0.1, 0.15) is 40.5 Å². The Hall–Kier alpha value is -3.54. The molecule has 0 amide bonds. The molecule has 1 spiro atoms. The summed E-state index contributed by atoms with van der Waals surface area (Å²) in [5, 5.41) is 13.0. The Morgan fingerprint density at radius 1 is 1.03 bits per heavy atom. The number of hydrogen-bond donors (Lipinski definition) is 1. The maximum Gasteiger partial charge on any atom is 0.166 e. The summed E-state index contributed by atoms with van der Waals surface area (Å²) in [6, 6.07) is 25.5. The summed E-state index contributed by atoms with van der Waals surface area (Å²) in [5.74, 6) is 1.59. The van der Waals surface area contributed by atoms with Crippen molar-refractivity contribution >= 4 is 0 Å². The molecule has 8 rings (SSSR count). The smallest absolute Gasteiger partial charge is 0.166 e. The molecule has 0 radical (unpaired) electrons. The number of aromatic nitrogens is 1. The van der Waals surface area contributed by atoms with Crippen molar-refractivity contribution in [1.82, 2.24) is 9.47 Å². The molecular weight excluding hydrogens is 472 g/mol. The molecule has 4 aromatic rings. The van der Waals surface area contributed by atoms with Crippen LogP contribution in [-0.2, 0) is 24.8 Å². The summed E-state index contributed by atoms with van der Waals surface area (Å²) < 4.78 is 15.3. The first-order valence-corrected chi connectivity index (χ1v) is 13.7. The molecule has 192 valence electrons. The van der Waals surface area contributed by atoms with Crippen molar-refractivity contribution in [2.24, 2.45) is 0 Å². The summed E-state index contributed by atoms with van der Waals surface area (Å²) in [5.41, 5.74) is 7.07. The second-order valence-electron chi connectivity index (χ2n) is 11.5. The number of nitrogens with zero attached hydrogens (tertiary/aromatic N) is 2. The van der Waals surface area contributed by atoms with Crippen LogP contribution < -0.4 is 9.47 Å². The van der Waals surface area contributed by atoms with E-state index in [4.69, 9.17) is 9.47 Å². The van der Waals surface area contributed by atoms with E-state index >= 15 is 0 Å². The van der Waals surface area contributed by atoms with Crippen LogP contribution in [-0.4, -0.2) is 46.9 Å². The predicted molar refractivity (Wildman–Crippen MR) is 147 cm³/mol. The molecule has 5 nitrogen and oxygen atoms in total. The molecule has 2 aliphatic heterocycles. The van der Waals surface area contributed by atoms with Crippen LogP contribution in [0.3, 0.4) is 0 Å². The first-order chi connectivity index (χ1) is 18.5.